The van der Waals surface area contributed by atoms with Gasteiger partial charge >= 0.3 is 5.97 Å². The Morgan fingerprint density at radius 3 is 2.59 bits per heavy atom. The molecule has 0 amide bonds. The first kappa shape index (κ1) is 24.3. The number of carbonyl (C=O) groups is 1. The van der Waals surface area contributed by atoms with Gasteiger partial charge in [-0.1, -0.05) is 65.5 Å². The molecule has 0 aliphatic heterocycles. The second-order valence-corrected chi connectivity index (χ2v) is 12.9. The molecule has 0 bridgehead atoms. The van der Waals surface area contributed by atoms with Crippen LogP contribution in [0.2, 0.25) is 0 Å². The van der Waals surface area contributed by atoms with Crippen LogP contribution in [-0.4, -0.2) is 22.3 Å². The molecule has 1 radical (unpaired) electrons. The molecule has 3 nitrogen and oxygen atoms in total. The van der Waals surface area contributed by atoms with E-state index in [1.54, 1.807) is 0 Å². The Morgan fingerprint density at radius 1 is 1.16 bits per heavy atom. The van der Waals surface area contributed by atoms with Crippen LogP contribution in [-0.2, 0) is 4.79 Å². The zero-order valence-electron chi connectivity index (χ0n) is 21.1. The minimum atomic E-state index is -0.830. The molecule has 0 spiro atoms. The normalized spacial score (nSPS) is 44.4. The number of carboxylic acid groups (broad SMARTS) is 1. The van der Waals surface area contributed by atoms with E-state index in [2.05, 4.69) is 40.7 Å². The van der Waals surface area contributed by atoms with E-state index in [0.29, 0.717) is 23.7 Å². The largest absolute Gasteiger partial charge is 0.481 e. The quantitative estimate of drug-likeness (QED) is 0.421. The van der Waals surface area contributed by atoms with Gasteiger partial charge in [0, 0.05) is 0 Å². The fraction of sp³-hybridized carbons (Fsp3) is 0.862. The van der Waals surface area contributed by atoms with Crippen molar-refractivity contribution in [3.63, 3.8) is 0 Å². The standard InChI is InChI=1S/C29H47O3/c1-18(2)7-6-8-19(3)24-11-12-25-23-10-9-20-15-22(30)16-21(17-27(31)32)29(20,5)26(23)13-14-28(24,25)4/h9,17-19,21-26,30H,6-8,10-16H2,1-5H3,(H,31,32)/t19-,21?,22-,23+,24-,25+,26+,28-,29-/m1/s1. The van der Waals surface area contributed by atoms with Crippen molar-refractivity contribution in [3.8, 4) is 0 Å². The molecule has 2 N–H and O–H groups in total. The second-order valence-electron chi connectivity index (χ2n) is 12.9. The van der Waals surface area contributed by atoms with Crippen molar-refractivity contribution >= 4 is 5.97 Å². The third-order valence-electron chi connectivity index (χ3n) is 10.8. The average Bonchev–Trinajstić information content (AvgIpc) is 3.05. The van der Waals surface area contributed by atoms with E-state index in [1.165, 1.54) is 56.9 Å². The first-order valence-electron chi connectivity index (χ1n) is 13.5. The summed E-state index contributed by atoms with van der Waals surface area (Å²) in [6, 6.07) is 0. The van der Waals surface area contributed by atoms with Gasteiger partial charge in [-0.05, 0) is 97.2 Å². The van der Waals surface area contributed by atoms with E-state index in [1.807, 2.05) is 0 Å². The summed E-state index contributed by atoms with van der Waals surface area (Å²) in [6.45, 7) is 12.1. The lowest BCUT2D eigenvalue weighted by molar-refractivity contribution is -0.136. The van der Waals surface area contributed by atoms with Crippen LogP contribution >= 0.6 is 0 Å². The first-order valence-corrected chi connectivity index (χ1v) is 13.5. The Balaban J connectivity index is 1.55. The summed E-state index contributed by atoms with van der Waals surface area (Å²) in [5.41, 5.74) is 1.70. The Morgan fingerprint density at radius 2 is 1.91 bits per heavy atom. The van der Waals surface area contributed by atoms with Gasteiger partial charge in [0.25, 0.3) is 0 Å². The van der Waals surface area contributed by atoms with Crippen molar-refractivity contribution in [3.05, 3.63) is 18.1 Å². The van der Waals surface area contributed by atoms with Crippen LogP contribution in [0.3, 0.4) is 0 Å². The number of rotatable bonds is 7. The molecule has 0 aromatic heterocycles. The topological polar surface area (TPSA) is 57.5 Å². The molecule has 0 heterocycles. The minimum absolute atomic E-state index is 0.0562. The van der Waals surface area contributed by atoms with Gasteiger partial charge < -0.3 is 10.2 Å². The lowest BCUT2D eigenvalue weighted by Gasteiger charge is -2.60. The second kappa shape index (κ2) is 9.08. The summed E-state index contributed by atoms with van der Waals surface area (Å²) in [5.74, 6) is 3.57. The highest BCUT2D eigenvalue weighted by Crippen LogP contribution is 2.68. The van der Waals surface area contributed by atoms with E-state index in [4.69, 9.17) is 0 Å². The van der Waals surface area contributed by atoms with Crippen LogP contribution in [0.4, 0.5) is 0 Å². The van der Waals surface area contributed by atoms with Gasteiger partial charge in [-0.2, -0.15) is 0 Å². The summed E-state index contributed by atoms with van der Waals surface area (Å²) >= 11 is 0. The van der Waals surface area contributed by atoms with Gasteiger partial charge in [0.05, 0.1) is 12.5 Å². The van der Waals surface area contributed by atoms with Gasteiger partial charge in [0.15, 0.2) is 0 Å². The van der Waals surface area contributed by atoms with Gasteiger partial charge in [-0.25, -0.2) is 0 Å². The number of allylic oxidation sites excluding steroid dienone is 1. The van der Waals surface area contributed by atoms with Gasteiger partial charge in [0.1, 0.15) is 0 Å². The van der Waals surface area contributed by atoms with Crippen LogP contribution in [0.15, 0.2) is 11.6 Å². The molecule has 4 rings (SSSR count). The molecule has 0 aromatic carbocycles. The lowest BCUT2D eigenvalue weighted by Crippen LogP contribution is -2.54. The van der Waals surface area contributed by atoms with Crippen molar-refractivity contribution in [1.29, 1.82) is 0 Å². The molecular formula is C29H47O3. The van der Waals surface area contributed by atoms with Crippen LogP contribution in [0, 0.1) is 58.7 Å². The number of carboxylic acids is 1. The Bertz CT molecular complexity index is 726. The van der Waals surface area contributed by atoms with Gasteiger partial charge in [-0.3, -0.25) is 4.79 Å². The molecule has 32 heavy (non-hydrogen) atoms. The molecule has 1 unspecified atom stereocenters. The lowest BCUT2D eigenvalue weighted by atomic mass is 9.44. The number of aliphatic carboxylic acids is 1. The van der Waals surface area contributed by atoms with Crippen LogP contribution in [0.25, 0.3) is 0 Å². The summed E-state index contributed by atoms with van der Waals surface area (Å²) in [4.78, 5) is 11.7. The maximum Gasteiger partial charge on any atom is 0.307 e. The zero-order chi connectivity index (χ0) is 23.3. The fourth-order valence-corrected chi connectivity index (χ4v) is 9.23. The first-order chi connectivity index (χ1) is 15.1. The third-order valence-corrected chi connectivity index (χ3v) is 10.8. The molecule has 0 saturated heterocycles. The number of hydrogen-bond acceptors (Lipinski definition) is 2. The molecule has 3 saturated carbocycles. The molecule has 181 valence electrons. The molecule has 0 aromatic rings. The molecule has 4 aliphatic carbocycles. The maximum atomic E-state index is 11.7. The van der Waals surface area contributed by atoms with Crippen molar-refractivity contribution in [2.75, 3.05) is 0 Å². The molecular weight excluding hydrogens is 396 g/mol. The van der Waals surface area contributed by atoms with Crippen molar-refractivity contribution in [2.45, 2.75) is 105 Å². The highest BCUT2D eigenvalue weighted by Gasteiger charge is 2.61. The Labute approximate surface area is 196 Å². The number of fused-ring (bicyclic) bond motifs is 5. The highest BCUT2D eigenvalue weighted by molar-refractivity contribution is 5.77. The van der Waals surface area contributed by atoms with E-state index in [-0.39, 0.29) is 11.3 Å². The van der Waals surface area contributed by atoms with E-state index < -0.39 is 12.1 Å². The van der Waals surface area contributed by atoms with Crippen molar-refractivity contribution < 1.29 is 15.0 Å². The smallest absolute Gasteiger partial charge is 0.307 e. The van der Waals surface area contributed by atoms with Crippen LogP contribution in [0.1, 0.15) is 98.8 Å². The number of aliphatic hydroxyl groups is 1. The summed E-state index contributed by atoms with van der Waals surface area (Å²) in [5, 5.41) is 20.1. The van der Waals surface area contributed by atoms with Crippen LogP contribution < -0.4 is 0 Å². The van der Waals surface area contributed by atoms with Gasteiger partial charge in [-0.15, -0.1) is 0 Å². The van der Waals surface area contributed by atoms with Crippen LogP contribution in [0.5, 0.6) is 0 Å². The monoisotopic (exact) mass is 443 g/mol. The zero-order valence-corrected chi connectivity index (χ0v) is 21.1. The van der Waals surface area contributed by atoms with Gasteiger partial charge in [0.2, 0.25) is 0 Å². The third kappa shape index (κ3) is 4.10. The summed E-state index contributed by atoms with van der Waals surface area (Å²) in [6.07, 6.45) is 15.3. The Kier molecular flexibility index (Phi) is 6.90. The number of aliphatic hydroxyl groups excluding tert-OH is 1. The maximum absolute atomic E-state index is 11.7. The van der Waals surface area contributed by atoms with E-state index >= 15 is 0 Å². The molecule has 9 atom stereocenters. The predicted molar refractivity (Wildman–Crippen MR) is 130 cm³/mol. The average molecular weight is 444 g/mol. The summed E-state index contributed by atoms with van der Waals surface area (Å²) in [7, 11) is 0. The van der Waals surface area contributed by atoms with E-state index in [0.717, 1.165) is 36.5 Å². The Hall–Kier alpha value is -0.830. The molecule has 3 fully saturated rings. The van der Waals surface area contributed by atoms with Crippen molar-refractivity contribution in [1.82, 2.24) is 0 Å². The molecule has 4 aliphatic rings. The molecule has 3 heteroatoms. The predicted octanol–water partition coefficient (Wildman–Crippen LogP) is 6.90. The SMILES string of the molecule is CC(C)CCC[C@@H](C)[C@H]1CC[C@H]2[C@@H]3CC=C4C[C@@H](O)CC([CH]C(=O)O)[C@]4(C)[C@H]3CC[C@]12C. The fourth-order valence-electron chi connectivity index (χ4n) is 9.23. The minimum Gasteiger partial charge on any atom is -0.481 e. The summed E-state index contributed by atoms with van der Waals surface area (Å²) < 4.78 is 0. The van der Waals surface area contributed by atoms with E-state index in [9.17, 15) is 15.0 Å². The van der Waals surface area contributed by atoms with Crippen molar-refractivity contribution in [2.24, 2.45) is 52.3 Å². The highest BCUT2D eigenvalue weighted by atomic mass is 16.4. The number of hydrogen-bond donors (Lipinski definition) is 2.